The summed E-state index contributed by atoms with van der Waals surface area (Å²) in [6, 6.07) is 0.515. The van der Waals surface area contributed by atoms with E-state index in [4.69, 9.17) is 4.74 Å². The predicted molar refractivity (Wildman–Crippen MR) is 69.8 cm³/mol. The third kappa shape index (κ3) is 4.90. The van der Waals surface area contributed by atoms with Crippen molar-refractivity contribution in [3.63, 3.8) is 0 Å². The SMILES string of the molecule is C=CCN(CC(=O)OCC)C1CCCC(C)C1. The smallest absolute Gasteiger partial charge is 0.320 e. The quantitative estimate of drug-likeness (QED) is 0.527. The number of ether oxygens (including phenoxy) is 1. The van der Waals surface area contributed by atoms with Gasteiger partial charge in [-0.3, -0.25) is 9.69 Å². The van der Waals surface area contributed by atoms with E-state index in [9.17, 15) is 4.79 Å². The number of hydrogen-bond donors (Lipinski definition) is 0. The molecule has 1 rings (SSSR count). The Labute approximate surface area is 105 Å². The summed E-state index contributed by atoms with van der Waals surface area (Å²) in [7, 11) is 0. The lowest BCUT2D eigenvalue weighted by Gasteiger charge is -2.35. The number of carbonyl (C=O) groups is 1. The van der Waals surface area contributed by atoms with Crippen molar-refractivity contribution in [1.29, 1.82) is 0 Å². The Bertz CT molecular complexity index is 253. The Morgan fingerprint density at radius 2 is 2.29 bits per heavy atom. The van der Waals surface area contributed by atoms with E-state index < -0.39 is 0 Å². The molecule has 1 saturated carbocycles. The normalized spacial score (nSPS) is 24.6. The summed E-state index contributed by atoms with van der Waals surface area (Å²) >= 11 is 0. The first kappa shape index (κ1) is 14.2. The molecule has 0 spiro atoms. The second-order valence-electron chi connectivity index (χ2n) is 4.95. The van der Waals surface area contributed by atoms with E-state index in [2.05, 4.69) is 18.4 Å². The van der Waals surface area contributed by atoms with Gasteiger partial charge in [-0.05, 0) is 25.7 Å². The maximum Gasteiger partial charge on any atom is 0.320 e. The molecule has 1 aliphatic rings. The molecule has 0 bridgehead atoms. The van der Waals surface area contributed by atoms with Crippen molar-refractivity contribution in [1.82, 2.24) is 4.90 Å². The topological polar surface area (TPSA) is 29.5 Å². The van der Waals surface area contributed by atoms with Crippen LogP contribution in [0.25, 0.3) is 0 Å². The fraction of sp³-hybridized carbons (Fsp3) is 0.786. The molecule has 0 aromatic carbocycles. The Morgan fingerprint density at radius 1 is 1.53 bits per heavy atom. The van der Waals surface area contributed by atoms with Crippen LogP contribution in [-0.2, 0) is 9.53 Å². The molecule has 1 aliphatic carbocycles. The molecule has 3 nitrogen and oxygen atoms in total. The Balaban J connectivity index is 2.51. The lowest BCUT2D eigenvalue weighted by molar-refractivity contribution is -0.145. The summed E-state index contributed by atoms with van der Waals surface area (Å²) in [5.41, 5.74) is 0. The molecule has 1 fully saturated rings. The van der Waals surface area contributed by atoms with Gasteiger partial charge in [0.25, 0.3) is 0 Å². The van der Waals surface area contributed by atoms with Crippen LogP contribution in [-0.4, -0.2) is 36.6 Å². The molecule has 0 aliphatic heterocycles. The van der Waals surface area contributed by atoms with Gasteiger partial charge < -0.3 is 4.74 Å². The van der Waals surface area contributed by atoms with Crippen molar-refractivity contribution in [2.24, 2.45) is 5.92 Å². The highest BCUT2D eigenvalue weighted by atomic mass is 16.5. The molecule has 0 aromatic heterocycles. The Morgan fingerprint density at radius 3 is 2.88 bits per heavy atom. The van der Waals surface area contributed by atoms with Crippen LogP contribution in [0.4, 0.5) is 0 Å². The minimum atomic E-state index is -0.118. The van der Waals surface area contributed by atoms with E-state index >= 15 is 0 Å². The van der Waals surface area contributed by atoms with E-state index in [-0.39, 0.29) is 5.97 Å². The molecule has 0 amide bonds. The van der Waals surface area contributed by atoms with Crippen LogP contribution in [0.5, 0.6) is 0 Å². The average Bonchev–Trinajstić information content (AvgIpc) is 2.29. The molecular weight excluding hydrogens is 214 g/mol. The molecule has 2 unspecified atom stereocenters. The molecule has 0 heterocycles. The lowest BCUT2D eigenvalue weighted by atomic mass is 9.86. The van der Waals surface area contributed by atoms with E-state index in [0.717, 1.165) is 12.5 Å². The van der Waals surface area contributed by atoms with Gasteiger partial charge in [0, 0.05) is 12.6 Å². The van der Waals surface area contributed by atoms with Crippen LogP contribution in [0, 0.1) is 5.92 Å². The second-order valence-corrected chi connectivity index (χ2v) is 4.95. The molecule has 0 radical (unpaired) electrons. The Kier molecular flexibility index (Phi) is 6.27. The zero-order chi connectivity index (χ0) is 12.7. The van der Waals surface area contributed by atoms with Gasteiger partial charge in [0.2, 0.25) is 0 Å². The molecule has 3 heteroatoms. The number of rotatable bonds is 6. The van der Waals surface area contributed by atoms with Crippen molar-refractivity contribution in [3.8, 4) is 0 Å². The lowest BCUT2D eigenvalue weighted by Crippen LogP contribution is -2.42. The van der Waals surface area contributed by atoms with E-state index in [1.54, 1.807) is 0 Å². The molecule has 0 N–H and O–H groups in total. The first-order chi connectivity index (χ1) is 8.17. The van der Waals surface area contributed by atoms with Gasteiger partial charge in [0.05, 0.1) is 13.2 Å². The third-order valence-electron chi connectivity index (χ3n) is 3.43. The van der Waals surface area contributed by atoms with Gasteiger partial charge in [-0.2, -0.15) is 0 Å². The summed E-state index contributed by atoms with van der Waals surface area (Å²) in [5.74, 6) is 0.649. The molecule has 0 saturated heterocycles. The highest BCUT2D eigenvalue weighted by Crippen LogP contribution is 2.27. The first-order valence-corrected chi connectivity index (χ1v) is 6.68. The number of carbonyl (C=O) groups excluding carboxylic acids is 1. The summed E-state index contributed by atoms with van der Waals surface area (Å²) in [5, 5.41) is 0. The van der Waals surface area contributed by atoms with Crippen LogP contribution in [0.2, 0.25) is 0 Å². The van der Waals surface area contributed by atoms with Gasteiger partial charge >= 0.3 is 5.97 Å². The second kappa shape index (κ2) is 7.49. The average molecular weight is 239 g/mol. The van der Waals surface area contributed by atoms with Crippen LogP contribution < -0.4 is 0 Å². The number of nitrogens with zero attached hydrogens (tertiary/aromatic N) is 1. The first-order valence-electron chi connectivity index (χ1n) is 6.68. The highest BCUT2D eigenvalue weighted by molar-refractivity contribution is 5.71. The minimum absolute atomic E-state index is 0.118. The van der Waals surface area contributed by atoms with Gasteiger partial charge in [-0.25, -0.2) is 0 Å². The van der Waals surface area contributed by atoms with Gasteiger partial charge in [0.15, 0.2) is 0 Å². The van der Waals surface area contributed by atoms with Crippen molar-refractivity contribution in [2.75, 3.05) is 19.7 Å². The van der Waals surface area contributed by atoms with Crippen molar-refractivity contribution >= 4 is 5.97 Å². The molecule has 2 atom stereocenters. The summed E-state index contributed by atoms with van der Waals surface area (Å²) in [6.07, 6.45) is 6.84. The van der Waals surface area contributed by atoms with Crippen LogP contribution in [0.15, 0.2) is 12.7 Å². The third-order valence-corrected chi connectivity index (χ3v) is 3.43. The largest absolute Gasteiger partial charge is 0.465 e. The van der Waals surface area contributed by atoms with Gasteiger partial charge in [0.1, 0.15) is 0 Å². The summed E-state index contributed by atoms with van der Waals surface area (Å²) < 4.78 is 5.02. The molecule has 0 aromatic rings. The van der Waals surface area contributed by atoms with Crippen LogP contribution in [0.3, 0.4) is 0 Å². The van der Waals surface area contributed by atoms with Crippen LogP contribution >= 0.6 is 0 Å². The summed E-state index contributed by atoms with van der Waals surface area (Å²) in [4.78, 5) is 13.8. The van der Waals surface area contributed by atoms with E-state index in [1.165, 1.54) is 25.7 Å². The number of esters is 1. The number of hydrogen-bond acceptors (Lipinski definition) is 3. The van der Waals surface area contributed by atoms with Gasteiger partial charge in [-0.1, -0.05) is 25.8 Å². The zero-order valence-electron chi connectivity index (χ0n) is 11.2. The maximum absolute atomic E-state index is 11.6. The zero-order valence-corrected chi connectivity index (χ0v) is 11.2. The minimum Gasteiger partial charge on any atom is -0.465 e. The van der Waals surface area contributed by atoms with Gasteiger partial charge in [-0.15, -0.1) is 6.58 Å². The summed E-state index contributed by atoms with van der Waals surface area (Å²) in [6.45, 7) is 9.55. The van der Waals surface area contributed by atoms with Crippen molar-refractivity contribution < 1.29 is 9.53 Å². The highest BCUT2D eigenvalue weighted by Gasteiger charge is 2.25. The Hall–Kier alpha value is -0.830. The molecular formula is C14H25NO2. The van der Waals surface area contributed by atoms with Crippen molar-refractivity contribution in [3.05, 3.63) is 12.7 Å². The van der Waals surface area contributed by atoms with Crippen molar-refractivity contribution in [2.45, 2.75) is 45.6 Å². The standard InChI is InChI=1S/C14H25NO2/c1-4-9-15(11-14(16)17-5-2)13-8-6-7-12(3)10-13/h4,12-13H,1,5-11H2,2-3H3. The fourth-order valence-electron chi connectivity index (χ4n) is 2.61. The maximum atomic E-state index is 11.6. The molecule has 98 valence electrons. The monoisotopic (exact) mass is 239 g/mol. The predicted octanol–water partition coefficient (Wildman–Crippen LogP) is 2.62. The molecule has 17 heavy (non-hydrogen) atoms. The van der Waals surface area contributed by atoms with E-state index in [1.807, 2.05) is 13.0 Å². The fourth-order valence-corrected chi connectivity index (χ4v) is 2.61. The van der Waals surface area contributed by atoms with Crippen LogP contribution in [0.1, 0.15) is 39.5 Å². The van der Waals surface area contributed by atoms with E-state index in [0.29, 0.717) is 19.2 Å².